The van der Waals surface area contributed by atoms with E-state index in [1.807, 2.05) is 0 Å². The van der Waals surface area contributed by atoms with Crippen LogP contribution in [0.1, 0.15) is 72.1 Å². The third kappa shape index (κ3) is 10.8. The van der Waals surface area contributed by atoms with Crippen LogP contribution in [-0.2, 0) is 9.59 Å². The lowest BCUT2D eigenvalue weighted by Crippen LogP contribution is -2.27. The number of aliphatic carboxylic acids is 1. The summed E-state index contributed by atoms with van der Waals surface area (Å²) in [6, 6.07) is 0. The fourth-order valence-corrected chi connectivity index (χ4v) is 2.32. The van der Waals surface area contributed by atoms with Gasteiger partial charge in [0.25, 0.3) is 0 Å². The quantitative estimate of drug-likeness (QED) is 0.538. The van der Waals surface area contributed by atoms with Crippen molar-refractivity contribution in [3.05, 3.63) is 0 Å². The average molecular weight is 285 g/mol. The minimum Gasteiger partial charge on any atom is -0.481 e. The normalized spacial score (nSPS) is 12.4. The predicted molar refractivity (Wildman–Crippen MR) is 81.6 cm³/mol. The van der Waals surface area contributed by atoms with Gasteiger partial charge in [-0.1, -0.05) is 40.0 Å². The number of carbonyl (C=O) groups excluding carboxylic acids is 1. The van der Waals surface area contributed by atoms with Crippen molar-refractivity contribution in [1.82, 2.24) is 5.32 Å². The molecule has 0 saturated heterocycles. The summed E-state index contributed by atoms with van der Waals surface area (Å²) in [6.45, 7) is 7.04. The highest BCUT2D eigenvalue weighted by Crippen LogP contribution is 2.20. The van der Waals surface area contributed by atoms with Gasteiger partial charge in [-0.15, -0.1) is 0 Å². The van der Waals surface area contributed by atoms with Gasteiger partial charge in [-0.05, 0) is 31.1 Å². The lowest BCUT2D eigenvalue weighted by molar-refractivity contribution is -0.137. The lowest BCUT2D eigenvalue weighted by Gasteiger charge is -2.20. The van der Waals surface area contributed by atoms with Gasteiger partial charge in [-0.3, -0.25) is 9.59 Å². The van der Waals surface area contributed by atoms with Crippen LogP contribution in [0.5, 0.6) is 0 Å². The second kappa shape index (κ2) is 11.7. The van der Waals surface area contributed by atoms with E-state index in [-0.39, 0.29) is 12.3 Å². The Balaban J connectivity index is 3.76. The molecule has 0 spiro atoms. The molecule has 20 heavy (non-hydrogen) atoms. The third-order valence-corrected chi connectivity index (χ3v) is 3.77. The molecule has 0 bridgehead atoms. The molecule has 4 heteroatoms. The number of carboxylic acid groups (broad SMARTS) is 1. The summed E-state index contributed by atoms with van der Waals surface area (Å²) in [7, 11) is 0. The molecule has 0 aromatic rings. The number of nitrogens with one attached hydrogen (secondary N) is 1. The molecule has 0 aromatic heterocycles. The van der Waals surface area contributed by atoms with Gasteiger partial charge in [-0.25, -0.2) is 0 Å². The van der Waals surface area contributed by atoms with Gasteiger partial charge < -0.3 is 10.4 Å². The molecule has 0 aliphatic rings. The second-order valence-electron chi connectivity index (χ2n) is 5.89. The van der Waals surface area contributed by atoms with E-state index < -0.39 is 5.97 Å². The fourth-order valence-electron chi connectivity index (χ4n) is 2.32. The van der Waals surface area contributed by atoms with Crippen molar-refractivity contribution >= 4 is 11.9 Å². The summed E-state index contributed by atoms with van der Waals surface area (Å²) < 4.78 is 0. The molecule has 118 valence electrons. The topological polar surface area (TPSA) is 66.4 Å². The monoisotopic (exact) mass is 285 g/mol. The Morgan fingerprint density at radius 3 is 2.30 bits per heavy atom. The molecule has 4 nitrogen and oxygen atoms in total. The van der Waals surface area contributed by atoms with E-state index in [9.17, 15) is 9.59 Å². The van der Waals surface area contributed by atoms with E-state index in [4.69, 9.17) is 5.11 Å². The maximum Gasteiger partial charge on any atom is 0.303 e. The SMILES string of the molecule is CCCCCCC(=O)NCCC(CCC(=O)O)C(C)C. The van der Waals surface area contributed by atoms with Gasteiger partial charge in [-0.2, -0.15) is 0 Å². The van der Waals surface area contributed by atoms with Gasteiger partial charge >= 0.3 is 5.97 Å². The number of hydrogen-bond donors (Lipinski definition) is 2. The van der Waals surface area contributed by atoms with Crippen LogP contribution >= 0.6 is 0 Å². The predicted octanol–water partition coefficient (Wildman–Crippen LogP) is 3.60. The van der Waals surface area contributed by atoms with Gasteiger partial charge in [0.05, 0.1) is 0 Å². The summed E-state index contributed by atoms with van der Waals surface area (Å²) in [4.78, 5) is 22.2. The first-order chi connectivity index (χ1) is 9.47. The van der Waals surface area contributed by atoms with Crippen LogP contribution in [-0.4, -0.2) is 23.5 Å². The number of carbonyl (C=O) groups is 2. The van der Waals surface area contributed by atoms with Crippen LogP contribution in [0.2, 0.25) is 0 Å². The molecule has 1 amide bonds. The van der Waals surface area contributed by atoms with Crippen LogP contribution < -0.4 is 5.32 Å². The first kappa shape index (κ1) is 18.9. The van der Waals surface area contributed by atoms with Crippen LogP contribution in [0.25, 0.3) is 0 Å². The number of amides is 1. The third-order valence-electron chi connectivity index (χ3n) is 3.77. The Hall–Kier alpha value is -1.06. The Bertz CT molecular complexity index is 277. The molecule has 0 heterocycles. The van der Waals surface area contributed by atoms with E-state index >= 15 is 0 Å². The summed E-state index contributed by atoms with van der Waals surface area (Å²) in [6.07, 6.45) is 6.85. The summed E-state index contributed by atoms with van der Waals surface area (Å²) in [5, 5.41) is 11.7. The summed E-state index contributed by atoms with van der Waals surface area (Å²) in [5.74, 6) is 0.208. The minimum absolute atomic E-state index is 0.127. The van der Waals surface area contributed by atoms with E-state index in [1.165, 1.54) is 12.8 Å². The lowest BCUT2D eigenvalue weighted by atomic mass is 9.88. The number of carboxylic acids is 1. The molecule has 0 radical (unpaired) electrons. The van der Waals surface area contributed by atoms with Crippen molar-refractivity contribution in [1.29, 1.82) is 0 Å². The van der Waals surface area contributed by atoms with Crippen molar-refractivity contribution in [3.63, 3.8) is 0 Å². The molecule has 0 rings (SSSR count). The van der Waals surface area contributed by atoms with Crippen molar-refractivity contribution in [3.8, 4) is 0 Å². The highest BCUT2D eigenvalue weighted by Gasteiger charge is 2.15. The van der Waals surface area contributed by atoms with Gasteiger partial charge in [0, 0.05) is 19.4 Å². The largest absolute Gasteiger partial charge is 0.481 e. The number of unbranched alkanes of at least 4 members (excludes halogenated alkanes) is 3. The molecule has 0 saturated carbocycles. The Labute approximate surface area is 123 Å². The molecule has 0 fully saturated rings. The van der Waals surface area contributed by atoms with E-state index in [2.05, 4.69) is 26.1 Å². The standard InChI is InChI=1S/C16H31NO3/c1-4-5-6-7-8-15(18)17-12-11-14(13(2)3)9-10-16(19)20/h13-14H,4-12H2,1-3H3,(H,17,18)(H,19,20). The van der Waals surface area contributed by atoms with Crippen LogP contribution in [0.15, 0.2) is 0 Å². The average Bonchev–Trinajstić information content (AvgIpc) is 2.38. The van der Waals surface area contributed by atoms with Crippen LogP contribution in [0.4, 0.5) is 0 Å². The Morgan fingerprint density at radius 1 is 1.05 bits per heavy atom. The van der Waals surface area contributed by atoms with Crippen molar-refractivity contribution in [2.24, 2.45) is 11.8 Å². The fraction of sp³-hybridized carbons (Fsp3) is 0.875. The van der Waals surface area contributed by atoms with E-state index in [1.54, 1.807) is 0 Å². The maximum absolute atomic E-state index is 11.6. The molecular formula is C16H31NO3. The summed E-state index contributed by atoms with van der Waals surface area (Å²) >= 11 is 0. The second-order valence-corrected chi connectivity index (χ2v) is 5.89. The number of rotatable bonds is 12. The van der Waals surface area contributed by atoms with Crippen LogP contribution in [0, 0.1) is 11.8 Å². The van der Waals surface area contributed by atoms with Crippen molar-refractivity contribution in [2.45, 2.75) is 72.1 Å². The zero-order valence-corrected chi connectivity index (χ0v) is 13.3. The first-order valence-electron chi connectivity index (χ1n) is 7.95. The summed E-state index contributed by atoms with van der Waals surface area (Å²) in [5.41, 5.74) is 0. The van der Waals surface area contributed by atoms with E-state index in [0.29, 0.717) is 31.2 Å². The van der Waals surface area contributed by atoms with Gasteiger partial charge in [0.15, 0.2) is 0 Å². The van der Waals surface area contributed by atoms with Crippen LogP contribution in [0.3, 0.4) is 0 Å². The Kier molecular flexibility index (Phi) is 11.1. The smallest absolute Gasteiger partial charge is 0.303 e. The molecular weight excluding hydrogens is 254 g/mol. The Morgan fingerprint density at radius 2 is 1.75 bits per heavy atom. The molecule has 1 atom stereocenters. The highest BCUT2D eigenvalue weighted by atomic mass is 16.4. The molecule has 0 aromatic carbocycles. The zero-order valence-electron chi connectivity index (χ0n) is 13.3. The zero-order chi connectivity index (χ0) is 15.4. The maximum atomic E-state index is 11.6. The van der Waals surface area contributed by atoms with E-state index in [0.717, 1.165) is 19.3 Å². The van der Waals surface area contributed by atoms with Gasteiger partial charge in [0.2, 0.25) is 5.91 Å². The number of hydrogen-bond acceptors (Lipinski definition) is 2. The molecule has 1 unspecified atom stereocenters. The van der Waals surface area contributed by atoms with Crippen molar-refractivity contribution < 1.29 is 14.7 Å². The minimum atomic E-state index is -0.740. The van der Waals surface area contributed by atoms with Gasteiger partial charge in [0.1, 0.15) is 0 Å². The molecule has 0 aliphatic heterocycles. The first-order valence-corrected chi connectivity index (χ1v) is 7.95. The molecule has 0 aliphatic carbocycles. The molecule has 2 N–H and O–H groups in total. The van der Waals surface area contributed by atoms with Crippen molar-refractivity contribution in [2.75, 3.05) is 6.54 Å². The highest BCUT2D eigenvalue weighted by molar-refractivity contribution is 5.75.